The quantitative estimate of drug-likeness (QED) is 0.745. The molecule has 3 nitrogen and oxygen atoms in total. The molecular formula is C11H15O3S-. The van der Waals surface area contributed by atoms with Crippen molar-refractivity contribution in [2.75, 3.05) is 0 Å². The highest BCUT2D eigenvalue weighted by atomic mass is 32.2. The van der Waals surface area contributed by atoms with E-state index in [1.54, 1.807) is 18.2 Å². The van der Waals surface area contributed by atoms with Gasteiger partial charge in [0.1, 0.15) is 10.1 Å². The minimum atomic E-state index is -4.25. The number of rotatable bonds is 3. The average Bonchev–Trinajstić information content (AvgIpc) is 2.15. The Labute approximate surface area is 90.9 Å². The molecule has 0 amide bonds. The maximum atomic E-state index is 10.9. The molecule has 0 saturated heterocycles. The van der Waals surface area contributed by atoms with Crippen LogP contribution in [0, 0.1) is 0 Å². The van der Waals surface area contributed by atoms with Gasteiger partial charge in [-0.05, 0) is 24.0 Å². The van der Waals surface area contributed by atoms with Gasteiger partial charge in [0.25, 0.3) is 0 Å². The van der Waals surface area contributed by atoms with Gasteiger partial charge in [0.2, 0.25) is 0 Å². The van der Waals surface area contributed by atoms with Gasteiger partial charge in [-0.2, -0.15) is 0 Å². The van der Waals surface area contributed by atoms with E-state index in [4.69, 9.17) is 0 Å². The molecule has 15 heavy (non-hydrogen) atoms. The maximum Gasteiger partial charge on any atom is 0.101 e. The molecule has 0 aliphatic rings. The fraction of sp³-hybridized carbons (Fsp3) is 0.455. The topological polar surface area (TPSA) is 57.2 Å². The smallest absolute Gasteiger partial charge is 0.101 e. The highest BCUT2D eigenvalue weighted by molar-refractivity contribution is 7.85. The first-order valence-electron chi connectivity index (χ1n) is 4.87. The van der Waals surface area contributed by atoms with Crippen molar-refractivity contribution in [2.24, 2.45) is 0 Å². The van der Waals surface area contributed by atoms with Crippen LogP contribution < -0.4 is 0 Å². The van der Waals surface area contributed by atoms with E-state index in [0.29, 0.717) is 11.5 Å². The summed E-state index contributed by atoms with van der Waals surface area (Å²) in [4.78, 5) is 0. The first-order valence-corrected chi connectivity index (χ1v) is 6.34. The van der Waals surface area contributed by atoms with Gasteiger partial charge < -0.3 is 4.55 Å². The standard InChI is InChI=1S/C11H16O3S/c1-8(2)10-5-4-6-11(7-10)9(3)15(12,13)14/h4-9H,1-3H3,(H,12,13,14)/p-1. The van der Waals surface area contributed by atoms with Crippen molar-refractivity contribution in [2.45, 2.75) is 31.9 Å². The first-order chi connectivity index (χ1) is 6.82. The van der Waals surface area contributed by atoms with Gasteiger partial charge >= 0.3 is 0 Å². The minimum absolute atomic E-state index is 0.325. The predicted molar refractivity (Wildman–Crippen MR) is 58.6 cm³/mol. The van der Waals surface area contributed by atoms with Crippen LogP contribution >= 0.6 is 0 Å². The molecule has 1 aromatic carbocycles. The van der Waals surface area contributed by atoms with Crippen LogP contribution in [0.2, 0.25) is 0 Å². The largest absolute Gasteiger partial charge is 0.747 e. The highest BCUT2D eigenvalue weighted by Crippen LogP contribution is 2.24. The van der Waals surface area contributed by atoms with Crippen LogP contribution in [0.4, 0.5) is 0 Å². The van der Waals surface area contributed by atoms with E-state index in [1.165, 1.54) is 6.92 Å². The Morgan fingerprint density at radius 3 is 2.13 bits per heavy atom. The average molecular weight is 227 g/mol. The van der Waals surface area contributed by atoms with E-state index < -0.39 is 15.4 Å². The van der Waals surface area contributed by atoms with Gasteiger partial charge in [0, 0.05) is 0 Å². The summed E-state index contributed by atoms with van der Waals surface area (Å²) in [6, 6.07) is 7.17. The summed E-state index contributed by atoms with van der Waals surface area (Å²) in [5, 5.41) is -0.976. The molecule has 1 atom stereocenters. The van der Waals surface area contributed by atoms with E-state index in [1.807, 2.05) is 19.9 Å². The van der Waals surface area contributed by atoms with Crippen LogP contribution in [-0.4, -0.2) is 13.0 Å². The molecule has 0 radical (unpaired) electrons. The van der Waals surface area contributed by atoms with Crippen molar-refractivity contribution in [1.29, 1.82) is 0 Å². The third-order valence-corrected chi connectivity index (χ3v) is 3.62. The zero-order valence-electron chi connectivity index (χ0n) is 9.10. The SMILES string of the molecule is CC(C)c1cccc(C(C)S(=O)(=O)[O-])c1. The Balaban J connectivity index is 3.11. The molecule has 0 aliphatic heterocycles. The molecule has 0 spiro atoms. The molecule has 0 aliphatic carbocycles. The molecule has 0 heterocycles. The van der Waals surface area contributed by atoms with E-state index >= 15 is 0 Å². The van der Waals surface area contributed by atoms with Crippen molar-refractivity contribution in [1.82, 2.24) is 0 Å². The van der Waals surface area contributed by atoms with Gasteiger partial charge in [-0.25, -0.2) is 8.42 Å². The van der Waals surface area contributed by atoms with Gasteiger partial charge in [0.05, 0.1) is 5.25 Å². The fourth-order valence-electron chi connectivity index (χ4n) is 1.34. The van der Waals surface area contributed by atoms with Crippen LogP contribution in [0.3, 0.4) is 0 Å². The molecule has 1 unspecified atom stereocenters. The van der Waals surface area contributed by atoms with Crippen LogP contribution in [0.5, 0.6) is 0 Å². The summed E-state index contributed by atoms with van der Waals surface area (Å²) in [7, 11) is -4.25. The first kappa shape index (κ1) is 12.2. The number of benzene rings is 1. The molecule has 4 heteroatoms. The molecule has 84 valence electrons. The summed E-state index contributed by atoms with van der Waals surface area (Å²) >= 11 is 0. The molecular weight excluding hydrogens is 212 g/mol. The zero-order valence-corrected chi connectivity index (χ0v) is 9.91. The van der Waals surface area contributed by atoms with Gasteiger partial charge in [-0.3, -0.25) is 0 Å². The van der Waals surface area contributed by atoms with Crippen LogP contribution in [0.1, 0.15) is 43.1 Å². The summed E-state index contributed by atoms with van der Waals surface area (Å²) < 4.78 is 32.6. The Kier molecular flexibility index (Phi) is 3.52. The van der Waals surface area contributed by atoms with Crippen molar-refractivity contribution in [3.05, 3.63) is 35.4 Å². The Bertz CT molecular complexity index is 435. The molecule has 1 rings (SSSR count). The summed E-state index contributed by atoms with van der Waals surface area (Å²) in [5.41, 5.74) is 1.61. The number of hydrogen-bond acceptors (Lipinski definition) is 3. The Morgan fingerprint density at radius 1 is 1.13 bits per heavy atom. The third kappa shape index (κ3) is 3.04. The van der Waals surface area contributed by atoms with Crippen LogP contribution in [0.25, 0.3) is 0 Å². The fourth-order valence-corrected chi connectivity index (χ4v) is 1.82. The van der Waals surface area contributed by atoms with E-state index in [2.05, 4.69) is 0 Å². The van der Waals surface area contributed by atoms with Crippen LogP contribution in [-0.2, 0) is 10.1 Å². The summed E-state index contributed by atoms with van der Waals surface area (Å²) in [6.07, 6.45) is 0. The van der Waals surface area contributed by atoms with Crippen molar-refractivity contribution in [3.8, 4) is 0 Å². The van der Waals surface area contributed by atoms with Gasteiger partial charge in [-0.15, -0.1) is 0 Å². The van der Waals surface area contributed by atoms with E-state index in [0.717, 1.165) is 5.56 Å². The van der Waals surface area contributed by atoms with Crippen molar-refractivity contribution in [3.63, 3.8) is 0 Å². The zero-order chi connectivity index (χ0) is 11.6. The van der Waals surface area contributed by atoms with E-state index in [9.17, 15) is 13.0 Å². The Hall–Kier alpha value is -0.870. The van der Waals surface area contributed by atoms with Crippen LogP contribution in [0.15, 0.2) is 24.3 Å². The summed E-state index contributed by atoms with van der Waals surface area (Å²) in [6.45, 7) is 5.47. The third-order valence-electron chi connectivity index (χ3n) is 2.48. The minimum Gasteiger partial charge on any atom is -0.747 e. The van der Waals surface area contributed by atoms with E-state index in [-0.39, 0.29) is 0 Å². The molecule has 0 saturated carbocycles. The monoisotopic (exact) mass is 227 g/mol. The molecule has 0 N–H and O–H groups in total. The van der Waals surface area contributed by atoms with Gasteiger partial charge in [-0.1, -0.05) is 38.1 Å². The second-order valence-corrected chi connectivity index (χ2v) is 5.65. The molecule has 0 fully saturated rings. The lowest BCUT2D eigenvalue weighted by atomic mass is 10.00. The number of hydrogen-bond donors (Lipinski definition) is 0. The lowest BCUT2D eigenvalue weighted by Gasteiger charge is -2.17. The lowest BCUT2D eigenvalue weighted by Crippen LogP contribution is -2.09. The second kappa shape index (κ2) is 4.33. The normalized spacial score (nSPS) is 14.2. The van der Waals surface area contributed by atoms with Gasteiger partial charge in [0.15, 0.2) is 0 Å². The predicted octanol–water partition coefficient (Wildman–Crippen LogP) is 2.42. The lowest BCUT2D eigenvalue weighted by molar-refractivity contribution is 0.452. The van der Waals surface area contributed by atoms with Crippen molar-refractivity contribution >= 4 is 10.1 Å². The summed E-state index contributed by atoms with van der Waals surface area (Å²) in [5.74, 6) is 0.325. The second-order valence-electron chi connectivity index (χ2n) is 3.96. The highest BCUT2D eigenvalue weighted by Gasteiger charge is 2.13. The van der Waals surface area contributed by atoms with Crippen molar-refractivity contribution < 1.29 is 13.0 Å². The molecule has 0 bridgehead atoms. The maximum absolute atomic E-state index is 10.9. The molecule has 1 aromatic rings. The molecule has 0 aromatic heterocycles. The Morgan fingerprint density at radius 2 is 1.67 bits per heavy atom.